The van der Waals surface area contributed by atoms with Gasteiger partial charge in [0, 0.05) is 61.9 Å². The predicted molar refractivity (Wildman–Crippen MR) is 190 cm³/mol. The number of carbonyl (C=O) groups excluding carboxylic acids is 1. The van der Waals surface area contributed by atoms with E-state index in [1.165, 1.54) is 7.11 Å². The van der Waals surface area contributed by atoms with Crippen molar-refractivity contribution in [2.75, 3.05) is 68.9 Å². The number of carbonyl (C=O) groups is 1. The second kappa shape index (κ2) is 14.8. The molecule has 2 aliphatic rings. The SMILES string of the molecule is COC(=O)c1cccc(N2CCc3c(-c4cnc(N(Cc5ccc(OC)cc5)Cc5ccc(OC)cc5)nc4)nc(N4CCOCC4)nc32)c1. The molecule has 50 heavy (non-hydrogen) atoms. The summed E-state index contributed by atoms with van der Waals surface area (Å²) in [7, 11) is 4.72. The van der Waals surface area contributed by atoms with Crippen LogP contribution in [0.3, 0.4) is 0 Å². The Labute approximate surface area is 291 Å². The number of benzene rings is 3. The van der Waals surface area contributed by atoms with Crippen LogP contribution in [0.1, 0.15) is 27.0 Å². The molecule has 0 amide bonds. The van der Waals surface area contributed by atoms with Gasteiger partial charge in [0.2, 0.25) is 11.9 Å². The van der Waals surface area contributed by atoms with E-state index in [9.17, 15) is 4.79 Å². The molecule has 7 rings (SSSR count). The molecule has 0 saturated carbocycles. The van der Waals surface area contributed by atoms with Gasteiger partial charge in [-0.2, -0.15) is 4.98 Å². The first kappa shape index (κ1) is 32.8. The number of methoxy groups -OCH3 is 3. The van der Waals surface area contributed by atoms with E-state index in [0.29, 0.717) is 63.4 Å². The summed E-state index contributed by atoms with van der Waals surface area (Å²) in [6.07, 6.45) is 4.42. The van der Waals surface area contributed by atoms with E-state index in [-0.39, 0.29) is 5.97 Å². The summed E-state index contributed by atoms with van der Waals surface area (Å²) < 4.78 is 21.3. The number of hydrogen-bond donors (Lipinski definition) is 0. The van der Waals surface area contributed by atoms with Crippen LogP contribution in [0.15, 0.2) is 85.2 Å². The molecular formula is C38H39N7O5. The largest absolute Gasteiger partial charge is 0.497 e. The minimum atomic E-state index is -0.381. The van der Waals surface area contributed by atoms with Gasteiger partial charge in [-0.05, 0) is 60.0 Å². The molecule has 3 aromatic carbocycles. The molecule has 1 fully saturated rings. The summed E-state index contributed by atoms with van der Waals surface area (Å²) in [5, 5.41) is 0. The van der Waals surface area contributed by atoms with E-state index in [0.717, 1.165) is 57.4 Å². The zero-order chi connectivity index (χ0) is 34.5. The number of hydrogen-bond acceptors (Lipinski definition) is 12. The lowest BCUT2D eigenvalue weighted by molar-refractivity contribution is 0.0600. The van der Waals surface area contributed by atoms with Crippen molar-refractivity contribution in [1.82, 2.24) is 19.9 Å². The maximum atomic E-state index is 12.3. The Morgan fingerprint density at radius 1 is 0.820 bits per heavy atom. The van der Waals surface area contributed by atoms with Crippen LogP contribution in [0.25, 0.3) is 11.3 Å². The van der Waals surface area contributed by atoms with E-state index >= 15 is 0 Å². The summed E-state index contributed by atoms with van der Waals surface area (Å²) in [4.78, 5) is 38.8. The van der Waals surface area contributed by atoms with Crippen molar-refractivity contribution in [3.05, 3.63) is 107 Å². The molecule has 0 N–H and O–H groups in total. The highest BCUT2D eigenvalue weighted by molar-refractivity contribution is 5.91. The van der Waals surface area contributed by atoms with Gasteiger partial charge in [0.15, 0.2) is 0 Å². The monoisotopic (exact) mass is 673 g/mol. The Kier molecular flexibility index (Phi) is 9.70. The minimum absolute atomic E-state index is 0.381. The number of ether oxygens (including phenoxy) is 4. The molecule has 4 heterocycles. The standard InChI is InChI=1S/C38H39N7O5/c1-47-31-11-7-26(8-12-31)24-44(25-27-9-13-32(48-2)14-10-27)37-39-22-29(23-40-37)34-33-15-16-45(30-6-4-5-28(21-30)36(46)49-3)35(33)42-38(41-34)43-17-19-50-20-18-43/h4-14,21-23H,15-20,24-25H2,1-3H3. The molecule has 12 nitrogen and oxygen atoms in total. The van der Waals surface area contributed by atoms with Gasteiger partial charge in [-0.25, -0.2) is 19.7 Å². The summed E-state index contributed by atoms with van der Waals surface area (Å²) in [6, 6.07) is 23.5. The smallest absolute Gasteiger partial charge is 0.337 e. The van der Waals surface area contributed by atoms with Gasteiger partial charge in [0.1, 0.15) is 17.3 Å². The Bertz CT molecular complexity index is 1880. The Hall–Kier alpha value is -5.75. The molecule has 12 heteroatoms. The average Bonchev–Trinajstić information content (AvgIpc) is 3.62. The third kappa shape index (κ3) is 7.01. The van der Waals surface area contributed by atoms with Gasteiger partial charge >= 0.3 is 5.97 Å². The van der Waals surface area contributed by atoms with E-state index in [1.54, 1.807) is 20.3 Å². The first-order valence-electron chi connectivity index (χ1n) is 16.6. The molecule has 0 spiro atoms. The Morgan fingerprint density at radius 2 is 1.46 bits per heavy atom. The van der Waals surface area contributed by atoms with Crippen molar-refractivity contribution < 1.29 is 23.7 Å². The molecule has 0 unspecified atom stereocenters. The van der Waals surface area contributed by atoms with Gasteiger partial charge < -0.3 is 33.6 Å². The number of aromatic nitrogens is 4. The Balaban J connectivity index is 1.24. The lowest BCUT2D eigenvalue weighted by Gasteiger charge is -2.28. The van der Waals surface area contributed by atoms with Gasteiger partial charge in [0.25, 0.3) is 0 Å². The van der Waals surface area contributed by atoms with Crippen LogP contribution in [0.4, 0.5) is 23.4 Å². The first-order valence-corrected chi connectivity index (χ1v) is 16.6. The molecule has 5 aromatic rings. The molecular weight excluding hydrogens is 634 g/mol. The van der Waals surface area contributed by atoms with Crippen molar-refractivity contribution in [2.45, 2.75) is 19.5 Å². The van der Waals surface area contributed by atoms with Crippen LogP contribution < -0.4 is 24.2 Å². The summed E-state index contributed by atoms with van der Waals surface area (Å²) in [5.41, 5.74) is 6.17. The van der Waals surface area contributed by atoms with Crippen molar-refractivity contribution in [1.29, 1.82) is 0 Å². The fraction of sp³-hybridized carbons (Fsp3) is 0.289. The second-order valence-electron chi connectivity index (χ2n) is 12.0. The highest BCUT2D eigenvalue weighted by Gasteiger charge is 2.30. The normalized spacial score (nSPS) is 13.9. The number of nitrogens with zero attached hydrogens (tertiary/aromatic N) is 7. The number of esters is 1. The van der Waals surface area contributed by atoms with Crippen molar-refractivity contribution >= 4 is 29.4 Å². The highest BCUT2D eigenvalue weighted by Crippen LogP contribution is 2.39. The molecule has 0 radical (unpaired) electrons. The van der Waals surface area contributed by atoms with Crippen molar-refractivity contribution in [3.8, 4) is 22.8 Å². The third-order valence-electron chi connectivity index (χ3n) is 8.95. The van der Waals surface area contributed by atoms with Crippen molar-refractivity contribution in [2.24, 2.45) is 0 Å². The van der Waals surface area contributed by atoms with Gasteiger partial charge in [-0.1, -0.05) is 30.3 Å². The molecule has 0 aliphatic carbocycles. The summed E-state index contributed by atoms with van der Waals surface area (Å²) >= 11 is 0. The van der Waals surface area contributed by atoms with E-state index in [1.807, 2.05) is 54.9 Å². The first-order chi connectivity index (χ1) is 24.5. The zero-order valence-electron chi connectivity index (χ0n) is 28.4. The zero-order valence-corrected chi connectivity index (χ0v) is 28.4. The topological polar surface area (TPSA) is 115 Å². The predicted octanol–water partition coefficient (Wildman–Crippen LogP) is 5.48. The third-order valence-corrected chi connectivity index (χ3v) is 8.95. The quantitative estimate of drug-likeness (QED) is 0.166. The van der Waals surface area contributed by atoms with E-state index < -0.39 is 0 Å². The van der Waals surface area contributed by atoms with E-state index in [2.05, 4.69) is 39.0 Å². The second-order valence-corrected chi connectivity index (χ2v) is 12.0. The maximum Gasteiger partial charge on any atom is 0.337 e. The maximum absolute atomic E-state index is 12.3. The van der Waals surface area contributed by atoms with Crippen LogP contribution >= 0.6 is 0 Å². The molecule has 2 aliphatic heterocycles. The molecule has 0 bridgehead atoms. The van der Waals surface area contributed by atoms with Crippen LogP contribution in [-0.4, -0.2) is 80.1 Å². The van der Waals surface area contributed by atoms with Crippen LogP contribution in [0, 0.1) is 0 Å². The van der Waals surface area contributed by atoms with Crippen LogP contribution in [-0.2, 0) is 29.0 Å². The van der Waals surface area contributed by atoms with Gasteiger partial charge in [0.05, 0.1) is 45.8 Å². The lowest BCUT2D eigenvalue weighted by Crippen LogP contribution is -2.37. The lowest BCUT2D eigenvalue weighted by atomic mass is 10.1. The average molecular weight is 674 g/mol. The minimum Gasteiger partial charge on any atom is -0.497 e. The van der Waals surface area contributed by atoms with Gasteiger partial charge in [-0.3, -0.25) is 0 Å². The highest BCUT2D eigenvalue weighted by atomic mass is 16.5. The van der Waals surface area contributed by atoms with Gasteiger partial charge in [-0.15, -0.1) is 0 Å². The number of morpholine rings is 1. The number of anilines is 4. The number of rotatable bonds is 11. The molecule has 2 aromatic heterocycles. The van der Waals surface area contributed by atoms with Crippen LogP contribution in [0.2, 0.25) is 0 Å². The van der Waals surface area contributed by atoms with E-state index in [4.69, 9.17) is 38.9 Å². The number of fused-ring (bicyclic) bond motifs is 1. The fourth-order valence-corrected chi connectivity index (χ4v) is 6.26. The fourth-order valence-electron chi connectivity index (χ4n) is 6.26. The summed E-state index contributed by atoms with van der Waals surface area (Å²) in [5.74, 6) is 3.26. The van der Waals surface area contributed by atoms with Crippen LogP contribution in [0.5, 0.6) is 11.5 Å². The molecule has 1 saturated heterocycles. The Morgan fingerprint density at radius 3 is 2.06 bits per heavy atom. The van der Waals surface area contributed by atoms with Crippen molar-refractivity contribution in [3.63, 3.8) is 0 Å². The molecule has 256 valence electrons. The molecule has 0 atom stereocenters. The summed E-state index contributed by atoms with van der Waals surface area (Å²) in [6.45, 7) is 4.48.